The Balaban J connectivity index is 3.64. The standard InChI is InChI=1S/C8H8ClF2NO3S2/c1-2-16(13,12-17(9,14)15)8-5-6(10)3-4-7(8)11/h3-5H,2H2,1H3/t16-/m1/s1. The predicted octanol–water partition coefficient (Wildman–Crippen LogP) is 2.30. The van der Waals surface area contributed by atoms with Gasteiger partial charge < -0.3 is 0 Å². The average Bonchev–Trinajstić information content (AvgIpc) is 2.19. The zero-order chi connectivity index (χ0) is 13.3. The van der Waals surface area contributed by atoms with Gasteiger partial charge in [0, 0.05) is 16.4 Å². The van der Waals surface area contributed by atoms with E-state index in [9.17, 15) is 21.4 Å². The zero-order valence-corrected chi connectivity index (χ0v) is 11.0. The van der Waals surface area contributed by atoms with Crippen LogP contribution >= 0.6 is 10.7 Å². The molecule has 0 radical (unpaired) electrons. The highest BCUT2D eigenvalue weighted by molar-refractivity contribution is 8.17. The van der Waals surface area contributed by atoms with E-state index in [4.69, 9.17) is 10.7 Å². The predicted molar refractivity (Wildman–Crippen MR) is 60.5 cm³/mol. The molecule has 0 fully saturated rings. The molecule has 9 heteroatoms. The summed E-state index contributed by atoms with van der Waals surface area (Å²) in [5.74, 6) is -2.15. The first-order valence-electron chi connectivity index (χ1n) is 4.34. The van der Waals surface area contributed by atoms with Gasteiger partial charge in [-0.05, 0) is 18.2 Å². The molecule has 1 aromatic carbocycles. The molecule has 1 aromatic rings. The second-order valence-electron chi connectivity index (χ2n) is 2.99. The number of nitrogens with zero attached hydrogens (tertiary/aromatic N) is 1. The van der Waals surface area contributed by atoms with Crippen LogP contribution in [0.4, 0.5) is 8.78 Å². The van der Waals surface area contributed by atoms with Gasteiger partial charge in [0.25, 0.3) is 0 Å². The molecule has 0 aliphatic heterocycles. The van der Waals surface area contributed by atoms with Crippen molar-refractivity contribution in [1.82, 2.24) is 0 Å². The second kappa shape index (κ2) is 4.87. The summed E-state index contributed by atoms with van der Waals surface area (Å²) in [5.41, 5.74) is 0. The molecule has 4 nitrogen and oxygen atoms in total. The Bertz CT molecular complexity index is 651. The van der Waals surface area contributed by atoms with Crippen LogP contribution < -0.4 is 0 Å². The first kappa shape index (κ1) is 14.3. The lowest BCUT2D eigenvalue weighted by molar-refractivity contribution is 0.571. The second-order valence-corrected chi connectivity index (χ2v) is 7.88. The molecule has 0 saturated carbocycles. The van der Waals surface area contributed by atoms with E-state index in [0.717, 1.165) is 12.1 Å². The van der Waals surface area contributed by atoms with Crippen LogP contribution in [0.1, 0.15) is 6.92 Å². The summed E-state index contributed by atoms with van der Waals surface area (Å²) in [6, 6.07) is 2.21. The Hall–Kier alpha value is -0.730. The van der Waals surface area contributed by atoms with E-state index in [2.05, 4.69) is 3.77 Å². The molecule has 0 aromatic heterocycles. The largest absolute Gasteiger partial charge is 0.347 e. The molecular formula is C8H8ClF2NO3S2. The van der Waals surface area contributed by atoms with Gasteiger partial charge in [-0.1, -0.05) is 10.7 Å². The third-order valence-electron chi connectivity index (χ3n) is 1.84. The SMILES string of the molecule is CC[S@](=O)(=NS(=O)(=O)Cl)c1cc(F)ccc1F. The van der Waals surface area contributed by atoms with Crippen molar-refractivity contribution >= 4 is 29.6 Å². The van der Waals surface area contributed by atoms with Crippen LogP contribution in [-0.4, -0.2) is 18.4 Å². The number of halogens is 3. The van der Waals surface area contributed by atoms with E-state index < -0.39 is 35.5 Å². The third-order valence-corrected chi connectivity index (χ3v) is 5.80. The quantitative estimate of drug-likeness (QED) is 0.805. The minimum Gasteiger partial charge on any atom is -0.244 e. The Kier molecular flexibility index (Phi) is 4.11. The van der Waals surface area contributed by atoms with E-state index in [1.807, 2.05) is 0 Å². The number of benzene rings is 1. The van der Waals surface area contributed by atoms with Crippen molar-refractivity contribution < 1.29 is 21.4 Å². The smallest absolute Gasteiger partial charge is 0.244 e. The summed E-state index contributed by atoms with van der Waals surface area (Å²) in [7, 11) is -3.22. The van der Waals surface area contributed by atoms with Crippen molar-refractivity contribution in [2.45, 2.75) is 11.8 Å². The van der Waals surface area contributed by atoms with Gasteiger partial charge >= 0.3 is 9.24 Å². The summed E-state index contributed by atoms with van der Waals surface area (Å²) < 4.78 is 62.9. The minimum absolute atomic E-state index is 0.306. The Morgan fingerprint density at radius 3 is 2.35 bits per heavy atom. The van der Waals surface area contributed by atoms with E-state index in [1.165, 1.54) is 6.92 Å². The van der Waals surface area contributed by atoms with Crippen molar-refractivity contribution in [1.29, 1.82) is 0 Å². The Morgan fingerprint density at radius 1 is 1.29 bits per heavy atom. The van der Waals surface area contributed by atoms with Crippen molar-refractivity contribution in [3.05, 3.63) is 29.8 Å². The van der Waals surface area contributed by atoms with Crippen LogP contribution in [0.25, 0.3) is 0 Å². The molecular weight excluding hydrogens is 296 g/mol. The highest BCUT2D eigenvalue weighted by Gasteiger charge is 2.20. The number of hydrogen-bond donors (Lipinski definition) is 0. The molecule has 0 saturated heterocycles. The van der Waals surface area contributed by atoms with Crippen molar-refractivity contribution in [2.75, 3.05) is 5.75 Å². The van der Waals surface area contributed by atoms with E-state index >= 15 is 0 Å². The molecule has 0 aliphatic rings. The van der Waals surface area contributed by atoms with Gasteiger partial charge in [0.1, 0.15) is 11.6 Å². The molecule has 0 unspecified atom stereocenters. The molecule has 0 aliphatic carbocycles. The van der Waals surface area contributed by atoms with Gasteiger partial charge in [-0.15, -0.1) is 0 Å². The topological polar surface area (TPSA) is 63.6 Å². The minimum atomic E-state index is -4.44. The molecule has 1 atom stereocenters. The van der Waals surface area contributed by atoms with Gasteiger partial charge in [-0.3, -0.25) is 0 Å². The van der Waals surface area contributed by atoms with Crippen LogP contribution in [-0.2, 0) is 19.0 Å². The maximum atomic E-state index is 13.4. The Labute approximate surface area is 102 Å². The molecule has 0 bridgehead atoms. The first-order chi connectivity index (χ1) is 7.68. The van der Waals surface area contributed by atoms with Gasteiger partial charge in [0.05, 0.1) is 14.6 Å². The fraction of sp³-hybridized carbons (Fsp3) is 0.250. The van der Waals surface area contributed by atoms with Gasteiger partial charge in [-0.2, -0.15) is 8.42 Å². The van der Waals surface area contributed by atoms with Crippen LogP contribution in [0.5, 0.6) is 0 Å². The molecule has 0 heterocycles. The molecule has 96 valence electrons. The monoisotopic (exact) mass is 303 g/mol. The lowest BCUT2D eigenvalue weighted by Gasteiger charge is -2.07. The summed E-state index contributed by atoms with van der Waals surface area (Å²) in [6.07, 6.45) is 0. The van der Waals surface area contributed by atoms with Crippen LogP contribution in [0.15, 0.2) is 26.9 Å². The van der Waals surface area contributed by atoms with Crippen molar-refractivity contribution in [3.8, 4) is 0 Å². The lowest BCUT2D eigenvalue weighted by Crippen LogP contribution is -2.08. The van der Waals surface area contributed by atoms with Gasteiger partial charge in [0.2, 0.25) is 0 Å². The summed E-state index contributed by atoms with van der Waals surface area (Å²) in [6.45, 7) is 1.33. The van der Waals surface area contributed by atoms with E-state index in [-0.39, 0.29) is 5.75 Å². The molecule has 0 spiro atoms. The number of rotatable bonds is 3. The summed E-state index contributed by atoms with van der Waals surface area (Å²) >= 11 is 0. The highest BCUT2D eigenvalue weighted by atomic mass is 35.7. The third kappa shape index (κ3) is 3.62. The van der Waals surface area contributed by atoms with Gasteiger partial charge in [0.15, 0.2) is 0 Å². The maximum absolute atomic E-state index is 13.4. The first-order valence-corrected chi connectivity index (χ1v) is 8.29. The molecule has 0 N–H and O–H groups in total. The zero-order valence-electron chi connectivity index (χ0n) is 8.56. The molecule has 1 rings (SSSR count). The van der Waals surface area contributed by atoms with Crippen molar-refractivity contribution in [2.24, 2.45) is 3.77 Å². The fourth-order valence-corrected chi connectivity index (χ4v) is 4.81. The Morgan fingerprint density at radius 2 is 1.88 bits per heavy atom. The highest BCUT2D eigenvalue weighted by Crippen LogP contribution is 2.21. The molecule has 0 amide bonds. The number of hydrogen-bond acceptors (Lipinski definition) is 3. The lowest BCUT2D eigenvalue weighted by atomic mass is 10.3. The normalized spacial score (nSPS) is 15.3. The van der Waals surface area contributed by atoms with Gasteiger partial charge in [-0.25, -0.2) is 13.0 Å². The maximum Gasteiger partial charge on any atom is 0.347 e. The fourth-order valence-electron chi connectivity index (χ4n) is 1.11. The van der Waals surface area contributed by atoms with Crippen molar-refractivity contribution in [3.63, 3.8) is 0 Å². The van der Waals surface area contributed by atoms with Crippen LogP contribution in [0.3, 0.4) is 0 Å². The van der Waals surface area contributed by atoms with E-state index in [0.29, 0.717) is 6.07 Å². The van der Waals surface area contributed by atoms with E-state index in [1.54, 1.807) is 0 Å². The van der Waals surface area contributed by atoms with Crippen LogP contribution in [0, 0.1) is 11.6 Å². The summed E-state index contributed by atoms with van der Waals surface area (Å²) in [4.78, 5) is -0.607. The average molecular weight is 304 g/mol. The molecule has 17 heavy (non-hydrogen) atoms. The summed E-state index contributed by atoms with van der Waals surface area (Å²) in [5, 5.41) is 0. The van der Waals surface area contributed by atoms with Crippen LogP contribution in [0.2, 0.25) is 0 Å².